The van der Waals surface area contributed by atoms with E-state index in [1.54, 1.807) is 24.3 Å². The minimum Gasteiger partial charge on any atom is -0.394 e. The maximum Gasteiger partial charge on any atom is 0.182 e. The fraction of sp³-hybridized carbons (Fsp3) is 0.533. The van der Waals surface area contributed by atoms with Gasteiger partial charge in [0.05, 0.1) is 18.6 Å². The molecule has 1 saturated heterocycles. The molecule has 21 heavy (non-hydrogen) atoms. The van der Waals surface area contributed by atoms with Crippen LogP contribution in [0.4, 0.5) is 0 Å². The summed E-state index contributed by atoms with van der Waals surface area (Å²) in [6.07, 6.45) is -4.11. The Hall–Kier alpha value is -1.31. The highest BCUT2D eigenvalue weighted by Gasteiger charge is 2.54. The molecule has 1 aliphatic rings. The van der Waals surface area contributed by atoms with Gasteiger partial charge in [0.2, 0.25) is 0 Å². The number of hydrogen-bond acceptors (Lipinski definition) is 6. The molecule has 0 spiro atoms. The van der Waals surface area contributed by atoms with Crippen molar-refractivity contribution in [2.75, 3.05) is 6.61 Å². The molecule has 1 aliphatic heterocycles. The van der Waals surface area contributed by atoms with Crippen molar-refractivity contribution in [3.05, 3.63) is 35.9 Å². The van der Waals surface area contributed by atoms with E-state index in [1.165, 1.54) is 6.92 Å². The zero-order valence-corrected chi connectivity index (χ0v) is 11.7. The van der Waals surface area contributed by atoms with Gasteiger partial charge >= 0.3 is 0 Å². The summed E-state index contributed by atoms with van der Waals surface area (Å²) in [6.45, 7) is 0.652. The van der Waals surface area contributed by atoms with Gasteiger partial charge in [0, 0.05) is 6.42 Å². The smallest absolute Gasteiger partial charge is 0.182 e. The highest BCUT2D eigenvalue weighted by atomic mass is 16.6. The van der Waals surface area contributed by atoms with Crippen LogP contribution in [-0.2, 0) is 16.0 Å². The number of aliphatic hydroxyl groups excluding tert-OH is 3. The summed E-state index contributed by atoms with van der Waals surface area (Å²) in [7, 11) is 0. The minimum atomic E-state index is -1.97. The first-order chi connectivity index (χ1) is 9.89. The Bertz CT molecular complexity index is 490. The van der Waals surface area contributed by atoms with Crippen LogP contribution in [0.5, 0.6) is 0 Å². The third kappa shape index (κ3) is 3.14. The number of ether oxygens (including phenoxy) is 1. The van der Waals surface area contributed by atoms with Gasteiger partial charge in [-0.15, -0.1) is 0 Å². The maximum atomic E-state index is 11.8. The van der Waals surface area contributed by atoms with Crippen molar-refractivity contribution >= 4 is 5.78 Å². The summed E-state index contributed by atoms with van der Waals surface area (Å²) in [5.74, 6) is -3.74. The third-order valence-electron chi connectivity index (χ3n) is 3.83. The van der Waals surface area contributed by atoms with Gasteiger partial charge in [0.25, 0.3) is 0 Å². The molecule has 4 N–H and O–H groups in total. The summed E-state index contributed by atoms with van der Waals surface area (Å²) in [6, 6.07) is 8.87. The molecule has 5 atom stereocenters. The number of benzene rings is 1. The SMILES string of the molecule is CC(=O)[C@@H]1[C@@H](O)[C@H](O)[C@@H](CO)OC1(O)Cc1ccccc1. The van der Waals surface area contributed by atoms with Crippen molar-refractivity contribution in [3.63, 3.8) is 0 Å². The number of carbonyl (C=O) groups excluding carboxylic acids is 1. The van der Waals surface area contributed by atoms with Crippen molar-refractivity contribution in [2.45, 2.75) is 37.4 Å². The van der Waals surface area contributed by atoms with Crippen LogP contribution in [0.2, 0.25) is 0 Å². The lowest BCUT2D eigenvalue weighted by Crippen LogP contribution is -2.64. The zero-order valence-electron chi connectivity index (χ0n) is 11.7. The van der Waals surface area contributed by atoms with Crippen LogP contribution >= 0.6 is 0 Å². The molecule has 0 saturated carbocycles. The molecule has 1 aromatic carbocycles. The Morgan fingerprint density at radius 1 is 1.24 bits per heavy atom. The number of carbonyl (C=O) groups is 1. The Balaban J connectivity index is 2.33. The van der Waals surface area contributed by atoms with Gasteiger partial charge in [-0.05, 0) is 12.5 Å². The molecule has 1 fully saturated rings. The fourth-order valence-electron chi connectivity index (χ4n) is 2.83. The summed E-state index contributed by atoms with van der Waals surface area (Å²) in [5, 5.41) is 39.9. The molecule has 116 valence electrons. The first-order valence-electron chi connectivity index (χ1n) is 6.80. The van der Waals surface area contributed by atoms with E-state index in [0.717, 1.165) is 0 Å². The van der Waals surface area contributed by atoms with Crippen LogP contribution in [0.1, 0.15) is 12.5 Å². The Labute approximate surface area is 122 Å². The maximum absolute atomic E-state index is 11.8. The molecule has 2 rings (SSSR count). The Kier molecular flexibility index (Phi) is 4.75. The molecule has 0 bridgehead atoms. The molecule has 1 heterocycles. The van der Waals surface area contributed by atoms with Crippen LogP contribution in [-0.4, -0.2) is 56.9 Å². The summed E-state index contributed by atoms with van der Waals surface area (Å²) < 4.78 is 5.36. The van der Waals surface area contributed by atoms with Gasteiger partial charge in [-0.1, -0.05) is 30.3 Å². The van der Waals surface area contributed by atoms with Crippen LogP contribution in [0.3, 0.4) is 0 Å². The minimum absolute atomic E-state index is 0.0294. The largest absolute Gasteiger partial charge is 0.394 e. The number of Topliss-reactive ketones (excluding diaryl/α,β-unsaturated/α-hetero) is 1. The van der Waals surface area contributed by atoms with E-state index in [-0.39, 0.29) is 6.42 Å². The van der Waals surface area contributed by atoms with E-state index in [9.17, 15) is 25.2 Å². The fourth-order valence-corrected chi connectivity index (χ4v) is 2.83. The van der Waals surface area contributed by atoms with Crippen LogP contribution in [0.25, 0.3) is 0 Å². The van der Waals surface area contributed by atoms with Crippen molar-refractivity contribution < 1.29 is 30.0 Å². The molecule has 0 aromatic heterocycles. The lowest BCUT2D eigenvalue weighted by Gasteiger charge is -2.46. The van der Waals surface area contributed by atoms with Crippen LogP contribution in [0, 0.1) is 5.92 Å². The van der Waals surface area contributed by atoms with Crippen LogP contribution < -0.4 is 0 Å². The predicted octanol–water partition coefficient (Wildman–Crippen LogP) is -0.764. The second kappa shape index (κ2) is 6.21. The quantitative estimate of drug-likeness (QED) is 0.581. The van der Waals surface area contributed by atoms with E-state index in [1.807, 2.05) is 6.07 Å². The van der Waals surface area contributed by atoms with Gasteiger partial charge in [-0.3, -0.25) is 4.79 Å². The number of rotatable bonds is 4. The molecule has 1 aromatic rings. The van der Waals surface area contributed by atoms with Crippen molar-refractivity contribution in [1.82, 2.24) is 0 Å². The van der Waals surface area contributed by atoms with Crippen LogP contribution in [0.15, 0.2) is 30.3 Å². The van der Waals surface area contributed by atoms with Crippen molar-refractivity contribution in [1.29, 1.82) is 0 Å². The van der Waals surface area contributed by atoms with E-state index in [0.29, 0.717) is 5.56 Å². The van der Waals surface area contributed by atoms with Crippen molar-refractivity contribution in [3.8, 4) is 0 Å². The summed E-state index contributed by atoms with van der Waals surface area (Å²) >= 11 is 0. The standard InChI is InChI=1S/C15H20O6/c1-9(17)12-14(19)13(18)11(8-16)21-15(12,20)7-10-5-3-2-4-6-10/h2-6,11-14,16,18-20H,7-8H2,1H3/t11-,12-,13-,14-,15?/m1/s1. The second-order valence-electron chi connectivity index (χ2n) is 5.42. The van der Waals surface area contributed by atoms with Gasteiger partial charge in [-0.25, -0.2) is 0 Å². The topological polar surface area (TPSA) is 107 Å². The van der Waals surface area contributed by atoms with Gasteiger partial charge in [0.15, 0.2) is 5.79 Å². The van der Waals surface area contributed by atoms with E-state index >= 15 is 0 Å². The normalized spacial score (nSPS) is 36.4. The molecule has 0 radical (unpaired) electrons. The van der Waals surface area contributed by atoms with Gasteiger partial charge in [-0.2, -0.15) is 0 Å². The first-order valence-corrected chi connectivity index (χ1v) is 6.80. The molecule has 0 amide bonds. The number of ketones is 1. The Morgan fingerprint density at radius 2 is 1.86 bits per heavy atom. The molecular weight excluding hydrogens is 276 g/mol. The second-order valence-corrected chi connectivity index (χ2v) is 5.42. The lowest BCUT2D eigenvalue weighted by molar-refractivity contribution is -0.326. The van der Waals surface area contributed by atoms with Gasteiger partial charge < -0.3 is 25.2 Å². The number of hydrogen-bond donors (Lipinski definition) is 4. The third-order valence-corrected chi connectivity index (χ3v) is 3.83. The molecule has 6 heteroatoms. The summed E-state index contributed by atoms with van der Waals surface area (Å²) in [4.78, 5) is 11.8. The van der Waals surface area contributed by atoms with E-state index in [2.05, 4.69) is 0 Å². The monoisotopic (exact) mass is 296 g/mol. The average Bonchev–Trinajstić information content (AvgIpc) is 2.43. The molecule has 1 unspecified atom stereocenters. The molecule has 0 aliphatic carbocycles. The first kappa shape index (κ1) is 16.1. The van der Waals surface area contributed by atoms with E-state index < -0.39 is 42.4 Å². The van der Waals surface area contributed by atoms with Gasteiger partial charge in [0.1, 0.15) is 18.0 Å². The Morgan fingerprint density at radius 3 is 2.38 bits per heavy atom. The highest BCUT2D eigenvalue weighted by molar-refractivity contribution is 5.80. The zero-order chi connectivity index (χ0) is 15.6. The summed E-state index contributed by atoms with van der Waals surface area (Å²) in [5.41, 5.74) is 0.714. The molecule has 6 nitrogen and oxygen atoms in total. The molecular formula is C15H20O6. The average molecular weight is 296 g/mol. The lowest BCUT2D eigenvalue weighted by atomic mass is 9.79. The van der Waals surface area contributed by atoms with Crippen molar-refractivity contribution in [2.24, 2.45) is 5.92 Å². The highest BCUT2D eigenvalue weighted by Crippen LogP contribution is 2.36. The predicted molar refractivity (Wildman–Crippen MR) is 73.2 cm³/mol. The van der Waals surface area contributed by atoms with E-state index in [4.69, 9.17) is 4.74 Å². The number of aliphatic hydroxyl groups is 4.